The second kappa shape index (κ2) is 7.44. The smallest absolute Gasteiger partial charge is 0.338 e. The lowest BCUT2D eigenvalue weighted by atomic mass is 9.95. The van der Waals surface area contributed by atoms with Crippen LogP contribution in [0.2, 0.25) is 0 Å². The topological polar surface area (TPSA) is 79.2 Å². The van der Waals surface area contributed by atoms with Gasteiger partial charge in [-0.2, -0.15) is 5.26 Å². The first-order valence-corrected chi connectivity index (χ1v) is 7.15. The minimum Gasteiger partial charge on any atom is -0.452 e. The zero-order chi connectivity index (χ0) is 15.1. The molecule has 1 amide bonds. The number of amides is 1. The third-order valence-corrected chi connectivity index (χ3v) is 3.55. The van der Waals surface area contributed by atoms with Gasteiger partial charge in [-0.3, -0.25) is 4.79 Å². The highest BCUT2D eigenvalue weighted by Gasteiger charge is 2.17. The summed E-state index contributed by atoms with van der Waals surface area (Å²) in [4.78, 5) is 23.5. The van der Waals surface area contributed by atoms with Crippen LogP contribution in [0.25, 0.3) is 0 Å². The van der Waals surface area contributed by atoms with Crippen LogP contribution in [0.15, 0.2) is 24.3 Å². The van der Waals surface area contributed by atoms with Crippen LogP contribution in [0.3, 0.4) is 0 Å². The van der Waals surface area contributed by atoms with Crippen LogP contribution in [0.5, 0.6) is 0 Å². The number of nitrogens with zero attached hydrogens (tertiary/aromatic N) is 1. The van der Waals surface area contributed by atoms with E-state index in [9.17, 15) is 9.59 Å². The average Bonchev–Trinajstić information content (AvgIpc) is 2.53. The van der Waals surface area contributed by atoms with Crippen molar-refractivity contribution in [2.75, 3.05) is 6.61 Å². The summed E-state index contributed by atoms with van der Waals surface area (Å²) in [5.41, 5.74) is 0.807. The lowest BCUT2D eigenvalue weighted by Gasteiger charge is -2.22. The first kappa shape index (κ1) is 15.0. The molecule has 1 aromatic carbocycles. The maximum Gasteiger partial charge on any atom is 0.338 e. The molecule has 0 aromatic heterocycles. The van der Waals surface area contributed by atoms with Crippen LogP contribution >= 0.6 is 0 Å². The second-order valence-corrected chi connectivity index (χ2v) is 5.17. The number of ether oxygens (including phenoxy) is 1. The quantitative estimate of drug-likeness (QED) is 0.860. The molecule has 0 bridgehead atoms. The van der Waals surface area contributed by atoms with Crippen LogP contribution in [-0.2, 0) is 9.53 Å². The summed E-state index contributed by atoms with van der Waals surface area (Å²) in [7, 11) is 0. The van der Waals surface area contributed by atoms with Gasteiger partial charge in [-0.25, -0.2) is 4.79 Å². The van der Waals surface area contributed by atoms with Crippen LogP contribution < -0.4 is 5.32 Å². The van der Waals surface area contributed by atoms with E-state index in [1.165, 1.54) is 18.6 Å². The molecule has 21 heavy (non-hydrogen) atoms. The molecule has 1 aromatic rings. The molecule has 5 heteroatoms. The van der Waals surface area contributed by atoms with Crippen molar-refractivity contribution in [2.24, 2.45) is 0 Å². The number of esters is 1. The van der Waals surface area contributed by atoms with Gasteiger partial charge in [0, 0.05) is 6.04 Å². The highest BCUT2D eigenvalue weighted by molar-refractivity contribution is 5.91. The third kappa shape index (κ3) is 4.60. The maximum absolute atomic E-state index is 11.8. The van der Waals surface area contributed by atoms with Crippen LogP contribution in [-0.4, -0.2) is 24.5 Å². The molecular weight excluding hydrogens is 268 g/mol. The molecule has 1 aliphatic carbocycles. The summed E-state index contributed by atoms with van der Waals surface area (Å²) in [5, 5.41) is 11.6. The number of hydrogen-bond acceptors (Lipinski definition) is 4. The van der Waals surface area contributed by atoms with Gasteiger partial charge in [0.25, 0.3) is 5.91 Å². The highest BCUT2D eigenvalue weighted by Crippen LogP contribution is 2.17. The molecule has 110 valence electrons. The van der Waals surface area contributed by atoms with E-state index < -0.39 is 5.97 Å². The molecule has 5 nitrogen and oxygen atoms in total. The summed E-state index contributed by atoms with van der Waals surface area (Å²) in [6.45, 7) is -0.269. The Hall–Kier alpha value is -2.35. The van der Waals surface area contributed by atoms with Crippen molar-refractivity contribution in [3.63, 3.8) is 0 Å². The molecule has 0 saturated heterocycles. The van der Waals surface area contributed by atoms with Gasteiger partial charge in [0.1, 0.15) is 0 Å². The van der Waals surface area contributed by atoms with Crippen molar-refractivity contribution in [3.8, 4) is 6.07 Å². The second-order valence-electron chi connectivity index (χ2n) is 5.17. The first-order valence-electron chi connectivity index (χ1n) is 7.15. The lowest BCUT2D eigenvalue weighted by molar-refractivity contribution is -0.125. The van der Waals surface area contributed by atoms with E-state index >= 15 is 0 Å². The fraction of sp³-hybridized carbons (Fsp3) is 0.438. The lowest BCUT2D eigenvalue weighted by Crippen LogP contribution is -2.38. The molecular formula is C16H18N2O3. The molecule has 0 atom stereocenters. The van der Waals surface area contributed by atoms with Crippen LogP contribution in [0.4, 0.5) is 0 Å². The van der Waals surface area contributed by atoms with Crippen LogP contribution in [0, 0.1) is 11.3 Å². The van der Waals surface area contributed by atoms with E-state index in [4.69, 9.17) is 10.00 Å². The van der Waals surface area contributed by atoms with Crippen molar-refractivity contribution in [1.29, 1.82) is 5.26 Å². The minimum absolute atomic E-state index is 0.208. The van der Waals surface area contributed by atoms with Crippen molar-refractivity contribution >= 4 is 11.9 Å². The highest BCUT2D eigenvalue weighted by atomic mass is 16.5. The Morgan fingerprint density at radius 2 is 1.86 bits per heavy atom. The van der Waals surface area contributed by atoms with E-state index in [1.54, 1.807) is 12.1 Å². The maximum atomic E-state index is 11.8. The monoisotopic (exact) mass is 286 g/mol. The van der Waals surface area contributed by atoms with Gasteiger partial charge in [0.05, 0.1) is 17.2 Å². The third-order valence-electron chi connectivity index (χ3n) is 3.55. The van der Waals surface area contributed by atoms with Crippen LogP contribution in [0.1, 0.15) is 48.0 Å². The van der Waals surface area contributed by atoms with Crippen molar-refractivity contribution in [1.82, 2.24) is 5.32 Å². The number of nitriles is 1. The number of carbonyl (C=O) groups excluding carboxylic acids is 2. The summed E-state index contributed by atoms with van der Waals surface area (Å²) in [6, 6.07) is 8.29. The predicted octanol–water partition coefficient (Wildman–Crippen LogP) is 2.16. The normalized spacial score (nSPS) is 15.0. The van der Waals surface area contributed by atoms with E-state index in [0.29, 0.717) is 11.1 Å². The number of carbonyl (C=O) groups is 2. The summed E-state index contributed by atoms with van der Waals surface area (Å²) >= 11 is 0. The van der Waals surface area contributed by atoms with Gasteiger partial charge in [0.15, 0.2) is 6.61 Å². The zero-order valence-corrected chi connectivity index (χ0v) is 11.8. The molecule has 1 aliphatic rings. The number of rotatable bonds is 4. The number of hydrogen-bond donors (Lipinski definition) is 1. The Morgan fingerprint density at radius 3 is 2.48 bits per heavy atom. The Balaban J connectivity index is 1.77. The predicted molar refractivity (Wildman–Crippen MR) is 76.5 cm³/mol. The minimum atomic E-state index is -0.557. The Kier molecular flexibility index (Phi) is 5.33. The molecule has 0 unspecified atom stereocenters. The van der Waals surface area contributed by atoms with Gasteiger partial charge in [-0.15, -0.1) is 0 Å². The van der Waals surface area contributed by atoms with Crippen molar-refractivity contribution in [3.05, 3.63) is 35.4 Å². The summed E-state index contributed by atoms with van der Waals surface area (Å²) in [6.07, 6.45) is 5.48. The molecule has 0 heterocycles. The van der Waals surface area contributed by atoms with E-state index in [-0.39, 0.29) is 18.6 Å². The largest absolute Gasteiger partial charge is 0.452 e. The zero-order valence-electron chi connectivity index (χ0n) is 11.8. The SMILES string of the molecule is N#Cc1ccc(C(=O)OCC(=O)NC2CCCCC2)cc1. The molecule has 0 spiro atoms. The first-order chi connectivity index (χ1) is 10.2. The van der Waals surface area contributed by atoms with Gasteiger partial charge in [-0.1, -0.05) is 19.3 Å². The van der Waals surface area contributed by atoms with Gasteiger partial charge in [0.2, 0.25) is 0 Å². The number of nitrogens with one attached hydrogen (secondary N) is 1. The van der Waals surface area contributed by atoms with Crippen molar-refractivity contribution in [2.45, 2.75) is 38.1 Å². The Labute approximate surface area is 123 Å². The molecule has 0 aliphatic heterocycles. The molecule has 1 fully saturated rings. The van der Waals surface area contributed by atoms with Gasteiger partial charge in [-0.05, 0) is 37.1 Å². The fourth-order valence-electron chi connectivity index (χ4n) is 2.41. The molecule has 1 N–H and O–H groups in total. The van der Waals surface area contributed by atoms with E-state index in [2.05, 4.69) is 5.32 Å². The van der Waals surface area contributed by atoms with Crippen molar-refractivity contribution < 1.29 is 14.3 Å². The van der Waals surface area contributed by atoms with Gasteiger partial charge < -0.3 is 10.1 Å². The molecule has 0 radical (unpaired) electrons. The molecule has 2 rings (SSSR count). The Bertz CT molecular complexity index is 540. The van der Waals surface area contributed by atoms with Gasteiger partial charge >= 0.3 is 5.97 Å². The summed E-state index contributed by atoms with van der Waals surface area (Å²) in [5.74, 6) is -0.817. The standard InChI is InChI=1S/C16H18N2O3/c17-10-12-6-8-13(9-7-12)16(20)21-11-15(19)18-14-4-2-1-3-5-14/h6-9,14H,1-5,11H2,(H,18,19). The Morgan fingerprint density at radius 1 is 1.19 bits per heavy atom. The number of benzene rings is 1. The average molecular weight is 286 g/mol. The van der Waals surface area contributed by atoms with E-state index in [1.807, 2.05) is 6.07 Å². The molecule has 1 saturated carbocycles. The van der Waals surface area contributed by atoms with E-state index in [0.717, 1.165) is 25.7 Å². The summed E-state index contributed by atoms with van der Waals surface area (Å²) < 4.78 is 4.97. The fourth-order valence-corrected chi connectivity index (χ4v) is 2.41.